The molecular weight excluding hydrogens is 230 g/mol. The smallest absolute Gasteiger partial charge is 0.165 e. The van der Waals surface area contributed by atoms with Gasteiger partial charge < -0.3 is 10.1 Å². The molecule has 1 aromatic heterocycles. The average molecular weight is 253 g/mol. The van der Waals surface area contributed by atoms with Crippen molar-refractivity contribution in [2.45, 2.75) is 51.8 Å². The molecule has 2 atom stereocenters. The van der Waals surface area contributed by atoms with Crippen LogP contribution in [0, 0.1) is 5.92 Å². The summed E-state index contributed by atoms with van der Waals surface area (Å²) in [5.41, 5.74) is 0. The molecule has 0 saturated heterocycles. The van der Waals surface area contributed by atoms with E-state index in [1.54, 1.807) is 7.11 Å². The zero-order valence-corrected chi connectivity index (χ0v) is 11.5. The highest BCUT2D eigenvalue weighted by atomic mass is 16.5. The molecule has 1 fully saturated rings. The van der Waals surface area contributed by atoms with E-state index in [0.717, 1.165) is 31.8 Å². The summed E-state index contributed by atoms with van der Waals surface area (Å²) in [6.07, 6.45) is 3.63. The van der Waals surface area contributed by atoms with Crippen molar-refractivity contribution in [1.29, 1.82) is 0 Å². The van der Waals surface area contributed by atoms with Gasteiger partial charge in [0, 0.05) is 7.11 Å². The molecule has 1 aliphatic carbocycles. The monoisotopic (exact) mass is 253 g/mol. The zero-order valence-electron chi connectivity index (χ0n) is 11.5. The minimum absolute atomic E-state index is 0.248. The molecule has 1 aromatic rings. The second-order valence-corrected chi connectivity index (χ2v) is 5.34. The first-order valence-electron chi connectivity index (χ1n) is 6.72. The molecule has 1 saturated carbocycles. The summed E-state index contributed by atoms with van der Waals surface area (Å²) in [6, 6.07) is 0.292. The third kappa shape index (κ3) is 3.05. The highest BCUT2D eigenvalue weighted by Gasteiger charge is 2.31. The zero-order chi connectivity index (χ0) is 13.0. The maximum absolute atomic E-state index is 5.51. The van der Waals surface area contributed by atoms with Gasteiger partial charge in [0.15, 0.2) is 5.82 Å². The number of hydrogen-bond donors (Lipinski definition) is 1. The summed E-state index contributed by atoms with van der Waals surface area (Å²) in [5.74, 6) is 1.54. The Balaban J connectivity index is 1.98. The highest BCUT2D eigenvalue weighted by Crippen LogP contribution is 2.31. The van der Waals surface area contributed by atoms with E-state index < -0.39 is 0 Å². The van der Waals surface area contributed by atoms with Crippen LogP contribution in [0.5, 0.6) is 0 Å². The van der Waals surface area contributed by atoms with Crippen molar-refractivity contribution in [2.24, 2.45) is 5.92 Å². The first-order valence-corrected chi connectivity index (χ1v) is 6.72. The molecule has 0 bridgehead atoms. The number of methoxy groups -OCH3 is 1. The number of aromatic nitrogens is 4. The van der Waals surface area contributed by atoms with Crippen molar-refractivity contribution in [1.82, 2.24) is 25.5 Å². The molecular formula is C12H23N5O. The predicted molar refractivity (Wildman–Crippen MR) is 68.0 cm³/mol. The number of ether oxygens (including phenoxy) is 1. The van der Waals surface area contributed by atoms with Crippen LogP contribution in [0.3, 0.4) is 0 Å². The molecule has 0 radical (unpaired) electrons. The molecule has 6 nitrogen and oxygen atoms in total. The predicted octanol–water partition coefficient (Wildman–Crippen LogP) is 1.16. The quantitative estimate of drug-likeness (QED) is 0.824. The molecule has 0 spiro atoms. The van der Waals surface area contributed by atoms with E-state index in [0.29, 0.717) is 12.0 Å². The van der Waals surface area contributed by atoms with Gasteiger partial charge in [-0.25, -0.2) is 4.68 Å². The topological polar surface area (TPSA) is 64.9 Å². The lowest BCUT2D eigenvalue weighted by Crippen LogP contribution is -2.27. The molecule has 1 N–H and O–H groups in total. The molecule has 0 aliphatic heterocycles. The van der Waals surface area contributed by atoms with Crippen LogP contribution in [0.25, 0.3) is 0 Å². The van der Waals surface area contributed by atoms with Crippen LogP contribution in [0.4, 0.5) is 0 Å². The molecule has 1 aliphatic rings. The minimum Gasteiger partial charge on any atom is -0.379 e. The SMILES string of the molecule is COC1CCCC1n1nnnc1CNCC(C)C. The summed E-state index contributed by atoms with van der Waals surface area (Å²) >= 11 is 0. The van der Waals surface area contributed by atoms with E-state index in [9.17, 15) is 0 Å². The molecule has 2 rings (SSSR count). The molecule has 0 aromatic carbocycles. The highest BCUT2D eigenvalue weighted by molar-refractivity contribution is 4.90. The van der Waals surface area contributed by atoms with Gasteiger partial charge in [-0.1, -0.05) is 13.8 Å². The van der Waals surface area contributed by atoms with Crippen molar-refractivity contribution >= 4 is 0 Å². The molecule has 6 heteroatoms. The lowest BCUT2D eigenvalue weighted by atomic mass is 10.2. The second kappa shape index (κ2) is 6.24. The van der Waals surface area contributed by atoms with E-state index in [-0.39, 0.29) is 6.10 Å². The molecule has 102 valence electrons. The molecule has 2 unspecified atom stereocenters. The first kappa shape index (κ1) is 13.4. The maximum atomic E-state index is 5.51. The third-order valence-electron chi connectivity index (χ3n) is 3.43. The Morgan fingerprint density at radius 2 is 2.28 bits per heavy atom. The van der Waals surface area contributed by atoms with Crippen LogP contribution in [0.15, 0.2) is 0 Å². The van der Waals surface area contributed by atoms with Gasteiger partial charge in [0.25, 0.3) is 0 Å². The molecule has 0 amide bonds. The number of nitrogens with zero attached hydrogens (tertiary/aromatic N) is 4. The Morgan fingerprint density at radius 1 is 1.44 bits per heavy atom. The maximum Gasteiger partial charge on any atom is 0.165 e. The summed E-state index contributed by atoms with van der Waals surface area (Å²) in [4.78, 5) is 0. The first-order chi connectivity index (χ1) is 8.72. The lowest BCUT2D eigenvalue weighted by molar-refractivity contribution is 0.0690. The van der Waals surface area contributed by atoms with Gasteiger partial charge in [-0.2, -0.15) is 0 Å². The van der Waals surface area contributed by atoms with Gasteiger partial charge in [-0.15, -0.1) is 5.10 Å². The third-order valence-corrected chi connectivity index (χ3v) is 3.43. The van der Waals surface area contributed by atoms with Crippen molar-refractivity contribution in [2.75, 3.05) is 13.7 Å². The van der Waals surface area contributed by atoms with Crippen molar-refractivity contribution in [3.8, 4) is 0 Å². The lowest BCUT2D eigenvalue weighted by Gasteiger charge is -2.19. The summed E-state index contributed by atoms with van der Waals surface area (Å²) in [6.45, 7) is 6.07. The fourth-order valence-electron chi connectivity index (χ4n) is 2.52. The Kier molecular flexibility index (Phi) is 4.66. The Hall–Kier alpha value is -1.01. The van der Waals surface area contributed by atoms with E-state index in [1.807, 2.05) is 4.68 Å². The largest absolute Gasteiger partial charge is 0.379 e. The van der Waals surface area contributed by atoms with Crippen LogP contribution in [-0.2, 0) is 11.3 Å². The van der Waals surface area contributed by atoms with Crippen LogP contribution >= 0.6 is 0 Å². The summed E-state index contributed by atoms with van der Waals surface area (Å²) in [7, 11) is 1.77. The summed E-state index contributed by atoms with van der Waals surface area (Å²) in [5, 5.41) is 15.4. The van der Waals surface area contributed by atoms with Gasteiger partial charge in [-0.3, -0.25) is 0 Å². The number of hydrogen-bond acceptors (Lipinski definition) is 5. The van der Waals surface area contributed by atoms with Gasteiger partial charge in [0.05, 0.1) is 18.7 Å². The van der Waals surface area contributed by atoms with E-state index in [4.69, 9.17) is 4.74 Å². The second-order valence-electron chi connectivity index (χ2n) is 5.34. The van der Waals surface area contributed by atoms with Gasteiger partial charge in [0.2, 0.25) is 0 Å². The van der Waals surface area contributed by atoms with E-state index in [2.05, 4.69) is 34.7 Å². The number of nitrogens with one attached hydrogen (secondary N) is 1. The standard InChI is InChI=1S/C12H23N5O/c1-9(2)7-13-8-12-14-15-16-17(12)10-5-4-6-11(10)18-3/h9-11,13H,4-8H2,1-3H3. The molecule has 1 heterocycles. The van der Waals surface area contributed by atoms with E-state index >= 15 is 0 Å². The Morgan fingerprint density at radius 3 is 3.00 bits per heavy atom. The summed E-state index contributed by atoms with van der Waals surface area (Å²) < 4.78 is 7.45. The van der Waals surface area contributed by atoms with E-state index in [1.165, 1.54) is 6.42 Å². The number of tetrazole rings is 1. The van der Waals surface area contributed by atoms with Crippen molar-refractivity contribution in [3.05, 3.63) is 5.82 Å². The molecule has 18 heavy (non-hydrogen) atoms. The van der Waals surface area contributed by atoms with Gasteiger partial charge in [0.1, 0.15) is 0 Å². The van der Waals surface area contributed by atoms with Crippen molar-refractivity contribution < 1.29 is 4.74 Å². The fraction of sp³-hybridized carbons (Fsp3) is 0.917. The van der Waals surface area contributed by atoms with Crippen LogP contribution in [-0.4, -0.2) is 40.0 Å². The van der Waals surface area contributed by atoms with Crippen LogP contribution in [0.1, 0.15) is 45.0 Å². The minimum atomic E-state index is 0.248. The van der Waals surface area contributed by atoms with Gasteiger partial charge >= 0.3 is 0 Å². The van der Waals surface area contributed by atoms with Crippen LogP contribution in [0.2, 0.25) is 0 Å². The Labute approximate surface area is 108 Å². The number of rotatable bonds is 6. The fourth-order valence-corrected chi connectivity index (χ4v) is 2.52. The Bertz CT molecular complexity index is 365. The van der Waals surface area contributed by atoms with Gasteiger partial charge in [-0.05, 0) is 42.2 Å². The average Bonchev–Trinajstić information content (AvgIpc) is 2.95. The van der Waals surface area contributed by atoms with Crippen molar-refractivity contribution in [3.63, 3.8) is 0 Å². The normalized spacial score (nSPS) is 24.0. The van der Waals surface area contributed by atoms with Crippen LogP contribution < -0.4 is 5.32 Å².